The van der Waals surface area contributed by atoms with Gasteiger partial charge in [-0.2, -0.15) is 4.39 Å². The van der Waals surface area contributed by atoms with E-state index >= 15 is 0 Å². The van der Waals surface area contributed by atoms with E-state index in [1.807, 2.05) is 5.32 Å². The number of pyridine rings is 1. The average Bonchev–Trinajstić information content (AvgIpc) is 2.36. The molecule has 19 heavy (non-hydrogen) atoms. The Morgan fingerprint density at radius 2 is 1.74 bits per heavy atom. The van der Waals surface area contributed by atoms with Crippen molar-refractivity contribution in [1.29, 1.82) is 0 Å². The Bertz CT molecular complexity index is 646. The van der Waals surface area contributed by atoms with E-state index in [0.29, 0.717) is 6.07 Å². The molecule has 1 amide bonds. The minimum Gasteiger partial charge on any atom is -0.319 e. The van der Waals surface area contributed by atoms with Crippen LogP contribution in [0.5, 0.6) is 0 Å². The van der Waals surface area contributed by atoms with Gasteiger partial charge in [-0.3, -0.25) is 4.79 Å². The highest BCUT2D eigenvalue weighted by atomic mass is 19.2. The lowest BCUT2D eigenvalue weighted by Gasteiger charge is -2.07. The summed E-state index contributed by atoms with van der Waals surface area (Å²) in [6.07, 6.45) is 1.13. The predicted octanol–water partition coefficient (Wildman–Crippen LogP) is 2.89. The summed E-state index contributed by atoms with van der Waals surface area (Å²) in [5, 5.41) is 1.93. The lowest BCUT2D eigenvalue weighted by Crippen LogP contribution is -2.15. The van der Waals surface area contributed by atoms with Crippen LogP contribution in [0.15, 0.2) is 30.5 Å². The first-order valence-corrected chi connectivity index (χ1v) is 5.05. The van der Waals surface area contributed by atoms with Gasteiger partial charge in [0.2, 0.25) is 5.95 Å². The summed E-state index contributed by atoms with van der Waals surface area (Å²) in [6.45, 7) is 0. The van der Waals surface area contributed by atoms with Crippen molar-refractivity contribution in [1.82, 2.24) is 4.98 Å². The lowest BCUT2D eigenvalue weighted by atomic mass is 10.2. The van der Waals surface area contributed by atoms with Gasteiger partial charge in [0.05, 0.1) is 11.3 Å². The molecule has 0 bridgehead atoms. The summed E-state index contributed by atoms with van der Waals surface area (Å²) in [5.74, 6) is -5.96. The Morgan fingerprint density at radius 1 is 1.05 bits per heavy atom. The van der Waals surface area contributed by atoms with Gasteiger partial charge in [-0.1, -0.05) is 0 Å². The third-order valence-corrected chi connectivity index (χ3v) is 2.26. The number of anilines is 1. The molecule has 1 N–H and O–H groups in total. The van der Waals surface area contributed by atoms with Crippen LogP contribution in [0.3, 0.4) is 0 Å². The minimum absolute atomic E-state index is 0.282. The lowest BCUT2D eigenvalue weighted by molar-refractivity contribution is 0.102. The van der Waals surface area contributed by atoms with Crippen molar-refractivity contribution in [3.63, 3.8) is 0 Å². The van der Waals surface area contributed by atoms with E-state index in [9.17, 15) is 22.4 Å². The molecule has 1 aromatic heterocycles. The molecule has 2 rings (SSSR count). The number of halogens is 4. The summed E-state index contributed by atoms with van der Waals surface area (Å²) < 4.78 is 52.1. The first-order chi connectivity index (χ1) is 8.99. The molecular weight excluding hydrogens is 264 g/mol. The molecule has 0 aliphatic heterocycles. The van der Waals surface area contributed by atoms with Gasteiger partial charge in [0.15, 0.2) is 11.6 Å². The van der Waals surface area contributed by atoms with Gasteiger partial charge in [-0.25, -0.2) is 18.2 Å². The number of aromatic nitrogens is 1. The predicted molar refractivity (Wildman–Crippen MR) is 58.5 cm³/mol. The molecule has 2 aromatic rings. The minimum atomic E-state index is -1.39. The summed E-state index contributed by atoms with van der Waals surface area (Å²) in [4.78, 5) is 14.8. The number of rotatable bonds is 2. The number of carbonyl (C=O) groups is 1. The van der Waals surface area contributed by atoms with Crippen LogP contribution in [-0.2, 0) is 0 Å². The zero-order chi connectivity index (χ0) is 14.0. The first-order valence-electron chi connectivity index (χ1n) is 5.05. The van der Waals surface area contributed by atoms with Crippen LogP contribution in [0.2, 0.25) is 0 Å². The van der Waals surface area contributed by atoms with Crippen molar-refractivity contribution in [2.75, 3.05) is 5.32 Å². The third kappa shape index (κ3) is 2.70. The fraction of sp³-hybridized carbons (Fsp3) is 0. The van der Waals surface area contributed by atoms with Crippen LogP contribution in [0.4, 0.5) is 23.2 Å². The molecule has 0 saturated heterocycles. The molecule has 0 aliphatic carbocycles. The first kappa shape index (κ1) is 13.0. The Morgan fingerprint density at radius 3 is 2.42 bits per heavy atom. The summed E-state index contributed by atoms with van der Waals surface area (Å²) in [5.41, 5.74) is -1.03. The number of carbonyl (C=O) groups excluding carboxylic acids is 1. The average molecular weight is 270 g/mol. The van der Waals surface area contributed by atoms with E-state index in [-0.39, 0.29) is 6.07 Å². The van der Waals surface area contributed by atoms with Crippen molar-refractivity contribution in [3.05, 3.63) is 59.4 Å². The Labute approximate surface area is 104 Å². The number of hydrogen-bond acceptors (Lipinski definition) is 2. The molecule has 0 atom stereocenters. The fourth-order valence-electron chi connectivity index (χ4n) is 1.36. The molecule has 1 heterocycles. The number of benzene rings is 1. The summed E-state index contributed by atoms with van der Waals surface area (Å²) in [6, 6.07) is 3.18. The molecule has 0 unspecified atom stereocenters. The van der Waals surface area contributed by atoms with Crippen molar-refractivity contribution in [2.45, 2.75) is 0 Å². The van der Waals surface area contributed by atoms with Gasteiger partial charge >= 0.3 is 0 Å². The van der Waals surface area contributed by atoms with Crippen molar-refractivity contribution < 1.29 is 22.4 Å². The van der Waals surface area contributed by atoms with Crippen LogP contribution >= 0.6 is 0 Å². The SMILES string of the molecule is O=C(Nc1cc(F)c(F)cc1F)c1cccnc1F. The fourth-order valence-corrected chi connectivity index (χ4v) is 1.36. The zero-order valence-electron chi connectivity index (χ0n) is 9.25. The highest BCUT2D eigenvalue weighted by Crippen LogP contribution is 2.19. The van der Waals surface area contributed by atoms with Gasteiger partial charge in [0.1, 0.15) is 5.82 Å². The molecule has 3 nitrogen and oxygen atoms in total. The van der Waals surface area contributed by atoms with Gasteiger partial charge in [-0.15, -0.1) is 0 Å². The van der Waals surface area contributed by atoms with Crippen molar-refractivity contribution in [2.24, 2.45) is 0 Å². The van der Waals surface area contributed by atoms with Gasteiger partial charge in [-0.05, 0) is 12.1 Å². The van der Waals surface area contributed by atoms with Crippen molar-refractivity contribution in [3.8, 4) is 0 Å². The largest absolute Gasteiger partial charge is 0.319 e. The van der Waals surface area contributed by atoms with Gasteiger partial charge < -0.3 is 5.32 Å². The van der Waals surface area contributed by atoms with Crippen LogP contribution in [0, 0.1) is 23.4 Å². The molecule has 0 spiro atoms. The quantitative estimate of drug-likeness (QED) is 0.518. The van der Waals surface area contributed by atoms with E-state index in [1.165, 1.54) is 6.07 Å². The normalized spacial score (nSPS) is 10.3. The molecule has 98 valence electrons. The van der Waals surface area contributed by atoms with Crippen LogP contribution in [0.25, 0.3) is 0 Å². The van der Waals surface area contributed by atoms with E-state index < -0.39 is 40.6 Å². The van der Waals surface area contributed by atoms with Crippen LogP contribution in [0.1, 0.15) is 10.4 Å². The van der Waals surface area contributed by atoms with E-state index in [4.69, 9.17) is 0 Å². The highest BCUT2D eigenvalue weighted by Gasteiger charge is 2.16. The molecular formula is C12H6F4N2O. The molecule has 0 fully saturated rings. The second-order valence-corrected chi connectivity index (χ2v) is 3.54. The Hall–Kier alpha value is -2.44. The second-order valence-electron chi connectivity index (χ2n) is 3.54. The Kier molecular flexibility index (Phi) is 3.46. The number of hydrogen-bond donors (Lipinski definition) is 1. The zero-order valence-corrected chi connectivity index (χ0v) is 9.25. The summed E-state index contributed by atoms with van der Waals surface area (Å²) >= 11 is 0. The summed E-state index contributed by atoms with van der Waals surface area (Å²) in [7, 11) is 0. The molecule has 0 saturated carbocycles. The van der Waals surface area contributed by atoms with E-state index in [1.54, 1.807) is 0 Å². The standard InChI is InChI=1S/C12H6F4N2O/c13-7-4-9(15)10(5-8(7)14)18-12(19)6-2-1-3-17-11(6)16/h1-5H,(H,18,19). The smallest absolute Gasteiger partial charge is 0.260 e. The maximum Gasteiger partial charge on any atom is 0.260 e. The number of nitrogens with zero attached hydrogens (tertiary/aromatic N) is 1. The van der Waals surface area contributed by atoms with Gasteiger partial charge in [0.25, 0.3) is 5.91 Å². The Balaban J connectivity index is 2.30. The highest BCUT2D eigenvalue weighted by molar-refractivity contribution is 6.04. The monoisotopic (exact) mass is 270 g/mol. The van der Waals surface area contributed by atoms with Crippen LogP contribution in [-0.4, -0.2) is 10.9 Å². The number of amides is 1. The molecule has 7 heteroatoms. The van der Waals surface area contributed by atoms with E-state index in [0.717, 1.165) is 12.3 Å². The van der Waals surface area contributed by atoms with Gasteiger partial charge in [0, 0.05) is 18.3 Å². The third-order valence-electron chi connectivity index (χ3n) is 2.26. The molecule has 0 radical (unpaired) electrons. The molecule has 0 aliphatic rings. The molecule has 1 aromatic carbocycles. The maximum absolute atomic E-state index is 13.3. The number of nitrogens with one attached hydrogen (secondary N) is 1. The maximum atomic E-state index is 13.3. The topological polar surface area (TPSA) is 42.0 Å². The second kappa shape index (κ2) is 5.05. The van der Waals surface area contributed by atoms with E-state index in [2.05, 4.69) is 4.98 Å². The van der Waals surface area contributed by atoms with Crippen LogP contribution < -0.4 is 5.32 Å². The van der Waals surface area contributed by atoms with Crippen molar-refractivity contribution >= 4 is 11.6 Å².